The molecule has 0 radical (unpaired) electrons. The third-order valence-electron chi connectivity index (χ3n) is 11.2. The van der Waals surface area contributed by atoms with E-state index in [0.717, 1.165) is 18.0 Å². The fraction of sp³-hybridized carbons (Fsp3) is 0.0426. The second-order valence-corrected chi connectivity index (χ2v) is 15.5. The van der Waals surface area contributed by atoms with E-state index in [4.69, 9.17) is 11.6 Å². The predicted molar refractivity (Wildman–Crippen MR) is 213 cm³/mol. The first-order valence-electron chi connectivity index (χ1n) is 19.4. The maximum Gasteiger partial charge on any atom is 0.212 e. The van der Waals surface area contributed by atoms with Crippen LogP contribution in [0.5, 0.6) is 0 Å². The first-order valence-corrected chi connectivity index (χ1v) is 19.8. The van der Waals surface area contributed by atoms with Crippen molar-refractivity contribution in [1.29, 1.82) is 0 Å². The van der Waals surface area contributed by atoms with Gasteiger partial charge in [0.2, 0.25) is 5.52 Å². The third-order valence-corrected chi connectivity index (χ3v) is 11.4. The van der Waals surface area contributed by atoms with Crippen LogP contribution >= 0.6 is 11.6 Å². The zero-order valence-corrected chi connectivity index (χ0v) is 34.8. The van der Waals surface area contributed by atoms with Gasteiger partial charge in [-0.3, -0.25) is 0 Å². The van der Waals surface area contributed by atoms with Gasteiger partial charge in [-0.15, -0.1) is 21.9 Å². The summed E-state index contributed by atoms with van der Waals surface area (Å²) in [6.45, 7) is 0.859. The number of hydrogen-bond acceptors (Lipinski definition) is 0. The van der Waals surface area contributed by atoms with Crippen LogP contribution in [-0.2, 0) is 13.0 Å². The minimum Gasteiger partial charge on any atom is -0.207 e. The first-order chi connectivity index (χ1) is 33.0. The molecular formula is C47H19BClF20N. The minimum atomic E-state index is -7.22. The predicted octanol–water partition coefficient (Wildman–Crippen LogP) is 11.3. The lowest BCUT2D eigenvalue weighted by molar-refractivity contribution is -0.669. The summed E-state index contributed by atoms with van der Waals surface area (Å²) in [7, 11) is 0. The number of fused-ring (bicyclic) bond motifs is 1. The van der Waals surface area contributed by atoms with Crippen molar-refractivity contribution in [3.8, 4) is 0 Å². The van der Waals surface area contributed by atoms with Gasteiger partial charge in [0.1, 0.15) is 52.7 Å². The summed E-state index contributed by atoms with van der Waals surface area (Å²) >= 11 is 6.17. The van der Waals surface area contributed by atoms with Crippen LogP contribution in [0, 0.1) is 116 Å². The van der Waals surface area contributed by atoms with Gasteiger partial charge in [0.15, 0.2) is 82.0 Å². The Morgan fingerprint density at radius 2 is 0.657 bits per heavy atom. The molecule has 70 heavy (non-hydrogen) atoms. The molecule has 0 aliphatic heterocycles. The molecule has 1 heterocycles. The van der Waals surface area contributed by atoms with E-state index in [1.54, 1.807) is 0 Å². The van der Waals surface area contributed by atoms with Crippen molar-refractivity contribution >= 4 is 50.5 Å². The summed E-state index contributed by atoms with van der Waals surface area (Å²) < 4.78 is 296. The van der Waals surface area contributed by atoms with Crippen molar-refractivity contribution < 1.29 is 92.4 Å². The maximum atomic E-state index is 15.4. The van der Waals surface area contributed by atoms with Crippen LogP contribution < -0.4 is 26.4 Å². The Morgan fingerprint density at radius 1 is 0.329 bits per heavy atom. The molecule has 1 aromatic heterocycles. The average Bonchev–Trinajstić information content (AvgIpc) is 3.35. The molecule has 0 aliphatic carbocycles. The summed E-state index contributed by atoms with van der Waals surface area (Å²) in [6.07, 6.45) is -6.36. The van der Waals surface area contributed by atoms with E-state index in [1.807, 2.05) is 18.2 Å². The zero-order valence-electron chi connectivity index (χ0n) is 34.0. The van der Waals surface area contributed by atoms with Gasteiger partial charge < -0.3 is 0 Å². The number of nitrogens with zero attached hydrogens (tertiary/aromatic N) is 1. The number of hydrogen-bond donors (Lipinski definition) is 0. The van der Waals surface area contributed by atoms with Crippen LogP contribution in [0.2, 0.25) is 5.02 Å². The average molecular weight is 1020 g/mol. The molecule has 362 valence electrons. The monoisotopic (exact) mass is 1020 g/mol. The molecule has 0 fully saturated rings. The molecule has 0 unspecified atom stereocenters. The van der Waals surface area contributed by atoms with E-state index in [-0.39, 0.29) is 0 Å². The standard InChI is InChI=1S/C24BF20.C23H19ClN/c26-5-1(6(27)14(35)21(42)13(5)34)25(2-7(28)15(36)22(43)16(37)8(2)29,3-9(30)17(38)23(44)18(39)10(3)31)4-11(32)19(40)24(45)20(41)12(4)33;24-21-11-6-9-19(15-21)16-22-14-13-20-10-4-5-12-23(20)25(22)17-18-7-2-1-3-8-18/h;1-15H,16-17H2/q-1;+1. The Labute approximate surface area is 384 Å². The van der Waals surface area contributed by atoms with Crippen molar-refractivity contribution in [2.45, 2.75) is 13.0 Å². The van der Waals surface area contributed by atoms with Gasteiger partial charge in [-0.2, -0.15) is 4.57 Å². The highest BCUT2D eigenvalue weighted by Crippen LogP contribution is 2.31. The van der Waals surface area contributed by atoms with Gasteiger partial charge in [-0.1, -0.05) is 66.2 Å². The lowest BCUT2D eigenvalue weighted by atomic mass is 9.12. The van der Waals surface area contributed by atoms with Crippen LogP contribution in [0.15, 0.2) is 91.0 Å². The van der Waals surface area contributed by atoms with Crippen molar-refractivity contribution in [1.82, 2.24) is 0 Å². The zero-order chi connectivity index (χ0) is 51.4. The molecule has 0 N–H and O–H groups in total. The number of halogens is 21. The van der Waals surface area contributed by atoms with Crippen LogP contribution in [0.25, 0.3) is 10.9 Å². The largest absolute Gasteiger partial charge is 0.212 e. The van der Waals surface area contributed by atoms with E-state index in [0.29, 0.717) is 0 Å². The molecule has 1 nitrogen and oxygen atoms in total. The van der Waals surface area contributed by atoms with Crippen molar-refractivity contribution in [2.75, 3.05) is 0 Å². The van der Waals surface area contributed by atoms with Crippen molar-refractivity contribution in [3.63, 3.8) is 0 Å². The number of para-hydroxylation sites is 1. The number of pyridine rings is 1. The highest BCUT2D eigenvalue weighted by molar-refractivity contribution is 7.20. The molecule has 23 heteroatoms. The van der Waals surface area contributed by atoms with Gasteiger partial charge in [-0.25, -0.2) is 87.8 Å². The molecule has 0 bridgehead atoms. The smallest absolute Gasteiger partial charge is 0.207 e. The van der Waals surface area contributed by atoms with Gasteiger partial charge >= 0.3 is 0 Å². The summed E-state index contributed by atoms with van der Waals surface area (Å²) in [5.41, 5.74) is -9.26. The Balaban J connectivity index is 0.000000242. The van der Waals surface area contributed by atoms with Crippen molar-refractivity contribution in [3.05, 3.63) is 229 Å². The Kier molecular flexibility index (Phi) is 14.0. The summed E-state index contributed by atoms with van der Waals surface area (Å²) in [6, 6.07) is 31.7. The second kappa shape index (κ2) is 19.4. The lowest BCUT2D eigenvalue weighted by Gasteiger charge is -2.44. The lowest BCUT2D eigenvalue weighted by Crippen LogP contribution is -2.81. The van der Waals surface area contributed by atoms with Gasteiger partial charge in [0.05, 0.1) is 6.42 Å². The fourth-order valence-corrected chi connectivity index (χ4v) is 8.36. The maximum absolute atomic E-state index is 15.4. The molecule has 0 saturated carbocycles. The summed E-state index contributed by atoms with van der Waals surface area (Å²) in [4.78, 5) is 0. The van der Waals surface area contributed by atoms with E-state index >= 15 is 35.1 Å². The minimum absolute atomic E-state index is 0.785. The Bertz CT molecular complexity index is 3030. The second-order valence-electron chi connectivity index (χ2n) is 15.1. The number of aromatic nitrogens is 1. The van der Waals surface area contributed by atoms with Crippen LogP contribution in [0.4, 0.5) is 87.8 Å². The van der Waals surface area contributed by atoms with Crippen LogP contribution in [0.3, 0.4) is 0 Å². The van der Waals surface area contributed by atoms with Gasteiger partial charge in [0.25, 0.3) is 0 Å². The molecular weight excluding hydrogens is 1000 g/mol. The normalized spacial score (nSPS) is 11.6. The molecule has 7 aromatic carbocycles. The van der Waals surface area contributed by atoms with Crippen LogP contribution in [-0.4, -0.2) is 6.15 Å². The SMILES string of the molecule is Clc1cccc(Cc2ccc3ccccc3[n+]2Cc2ccccc2)c1.Fc1c(F)c(F)c([B-](c2c(F)c(F)c(F)c(F)c2F)(c2c(F)c(F)c(F)c(F)c2F)c2c(F)c(F)c(F)c(F)c2F)c(F)c1F. The van der Waals surface area contributed by atoms with E-state index in [2.05, 4.69) is 77.4 Å². The third kappa shape index (κ3) is 8.24. The summed E-state index contributed by atoms with van der Waals surface area (Å²) in [5.74, 6) is -71.4. The number of benzene rings is 7. The molecule has 8 aromatic rings. The van der Waals surface area contributed by atoms with E-state index in [9.17, 15) is 52.7 Å². The van der Waals surface area contributed by atoms with Gasteiger partial charge in [0, 0.05) is 28.1 Å². The molecule has 0 amide bonds. The quantitative estimate of drug-likeness (QED) is 0.0470. The molecule has 0 atom stereocenters. The summed E-state index contributed by atoms with van der Waals surface area (Å²) in [5, 5.41) is 2.04. The van der Waals surface area contributed by atoms with Crippen LogP contribution in [0.1, 0.15) is 16.8 Å². The van der Waals surface area contributed by atoms with E-state index < -0.39 is 144 Å². The molecule has 8 rings (SSSR count). The highest BCUT2D eigenvalue weighted by atomic mass is 35.5. The van der Waals surface area contributed by atoms with Crippen molar-refractivity contribution in [2.24, 2.45) is 0 Å². The molecule has 0 saturated heterocycles. The Hall–Kier alpha value is -7.10. The van der Waals surface area contributed by atoms with E-state index in [1.165, 1.54) is 27.7 Å². The molecule has 0 spiro atoms. The van der Waals surface area contributed by atoms with Gasteiger partial charge in [-0.05, 0) is 29.8 Å². The Morgan fingerprint density at radius 3 is 1.03 bits per heavy atom. The topological polar surface area (TPSA) is 3.88 Å². The highest BCUT2D eigenvalue weighted by Gasteiger charge is 2.52. The first kappa shape index (κ1) is 50.8. The molecule has 0 aliphatic rings. The number of rotatable bonds is 8. The fourth-order valence-electron chi connectivity index (χ4n) is 8.14.